The fourth-order valence-electron chi connectivity index (χ4n) is 2.17. The molecule has 2 N–H and O–H groups in total. The van der Waals surface area contributed by atoms with Crippen LogP contribution in [0.5, 0.6) is 0 Å². The molecule has 7 heteroatoms. The monoisotopic (exact) mass is 339 g/mol. The van der Waals surface area contributed by atoms with Crippen LogP contribution in [0.4, 0.5) is 11.5 Å². The number of carbonyl (C=O) groups excluding carboxylic acids is 1. The number of rotatable bonds is 5. The van der Waals surface area contributed by atoms with E-state index in [1.807, 2.05) is 44.2 Å². The highest BCUT2D eigenvalue weighted by atomic mass is 32.1. The molecule has 0 radical (unpaired) electrons. The second-order valence-corrected chi connectivity index (χ2v) is 6.62. The van der Waals surface area contributed by atoms with E-state index in [1.54, 1.807) is 23.5 Å². The van der Waals surface area contributed by atoms with Gasteiger partial charge in [0.05, 0.1) is 17.2 Å². The normalized spacial score (nSPS) is 10.4. The fraction of sp³-hybridized carbons (Fsp3) is 0.176. The third-order valence-electron chi connectivity index (χ3n) is 3.37. The van der Waals surface area contributed by atoms with Crippen LogP contribution in [0, 0.1) is 13.8 Å². The first-order valence-electron chi connectivity index (χ1n) is 7.49. The van der Waals surface area contributed by atoms with Gasteiger partial charge in [-0.3, -0.25) is 4.79 Å². The second-order valence-electron chi connectivity index (χ2n) is 5.21. The molecular formula is C17H17N5OS. The van der Waals surface area contributed by atoms with Gasteiger partial charge in [-0.05, 0) is 38.1 Å². The maximum absolute atomic E-state index is 12.1. The van der Waals surface area contributed by atoms with Crippen LogP contribution in [-0.2, 0) is 6.54 Å². The van der Waals surface area contributed by atoms with Crippen LogP contribution in [0.1, 0.15) is 26.1 Å². The van der Waals surface area contributed by atoms with E-state index in [1.165, 1.54) is 4.88 Å². The summed E-state index contributed by atoms with van der Waals surface area (Å²) in [5, 5.41) is 15.0. The molecule has 1 amide bonds. The molecule has 2 aromatic heterocycles. The molecule has 0 aliphatic carbocycles. The zero-order chi connectivity index (χ0) is 16.9. The standard InChI is InChI=1S/C17H17N5OS/c1-11-15(19-12(2)24-11)10-18-16-9-8-14(21-22-16)17(23)20-13-6-4-3-5-7-13/h3-9H,10H2,1-2H3,(H,18,22)(H,20,23). The van der Waals surface area contributed by atoms with Crippen molar-refractivity contribution >= 4 is 28.7 Å². The van der Waals surface area contributed by atoms with Crippen LogP contribution < -0.4 is 10.6 Å². The smallest absolute Gasteiger partial charge is 0.276 e. The Balaban J connectivity index is 1.60. The van der Waals surface area contributed by atoms with Gasteiger partial charge >= 0.3 is 0 Å². The molecule has 1 aromatic carbocycles. The van der Waals surface area contributed by atoms with E-state index in [0.717, 1.165) is 16.4 Å². The van der Waals surface area contributed by atoms with Gasteiger partial charge in [-0.25, -0.2) is 4.98 Å². The summed E-state index contributed by atoms with van der Waals surface area (Å²) in [6.45, 7) is 4.62. The lowest BCUT2D eigenvalue weighted by molar-refractivity contribution is 0.102. The number of para-hydroxylation sites is 1. The zero-order valence-corrected chi connectivity index (χ0v) is 14.2. The summed E-state index contributed by atoms with van der Waals surface area (Å²) < 4.78 is 0. The lowest BCUT2D eigenvalue weighted by Crippen LogP contribution is -2.14. The van der Waals surface area contributed by atoms with Crippen molar-refractivity contribution in [1.82, 2.24) is 15.2 Å². The van der Waals surface area contributed by atoms with Gasteiger partial charge in [0.2, 0.25) is 0 Å². The molecule has 0 atom stereocenters. The molecule has 3 rings (SSSR count). The summed E-state index contributed by atoms with van der Waals surface area (Å²) in [4.78, 5) is 17.8. The van der Waals surface area contributed by atoms with Crippen molar-refractivity contribution in [3.05, 3.63) is 63.7 Å². The number of aromatic nitrogens is 3. The van der Waals surface area contributed by atoms with Crippen molar-refractivity contribution < 1.29 is 4.79 Å². The number of anilines is 2. The molecule has 2 heterocycles. The predicted molar refractivity (Wildman–Crippen MR) is 95.3 cm³/mol. The van der Waals surface area contributed by atoms with Gasteiger partial charge < -0.3 is 10.6 Å². The minimum absolute atomic E-state index is 0.269. The molecule has 0 bridgehead atoms. The van der Waals surface area contributed by atoms with Crippen molar-refractivity contribution in [1.29, 1.82) is 0 Å². The third-order valence-corrected chi connectivity index (χ3v) is 4.29. The molecule has 0 unspecified atom stereocenters. The fourth-order valence-corrected chi connectivity index (χ4v) is 3.01. The number of nitrogens with one attached hydrogen (secondary N) is 2. The Morgan fingerprint density at radius 3 is 2.50 bits per heavy atom. The van der Waals surface area contributed by atoms with E-state index in [4.69, 9.17) is 0 Å². The van der Waals surface area contributed by atoms with Crippen molar-refractivity contribution in [2.75, 3.05) is 10.6 Å². The molecule has 0 aliphatic heterocycles. The predicted octanol–water partition coefficient (Wildman–Crippen LogP) is 3.41. The molecule has 122 valence electrons. The number of benzene rings is 1. The van der Waals surface area contributed by atoms with Crippen molar-refractivity contribution in [2.45, 2.75) is 20.4 Å². The largest absolute Gasteiger partial charge is 0.363 e. The maximum Gasteiger partial charge on any atom is 0.276 e. The maximum atomic E-state index is 12.1. The Hall–Kier alpha value is -2.80. The average molecular weight is 339 g/mol. The van der Waals surface area contributed by atoms with Gasteiger partial charge in [-0.2, -0.15) is 0 Å². The van der Waals surface area contributed by atoms with E-state index in [0.29, 0.717) is 12.4 Å². The number of aryl methyl sites for hydroxylation is 2. The Labute approximate surface area is 144 Å². The first-order valence-corrected chi connectivity index (χ1v) is 8.30. The van der Waals surface area contributed by atoms with Crippen LogP contribution in [0.25, 0.3) is 0 Å². The first-order chi connectivity index (χ1) is 11.6. The van der Waals surface area contributed by atoms with Crippen LogP contribution >= 0.6 is 11.3 Å². The van der Waals surface area contributed by atoms with Gasteiger partial charge in [0.1, 0.15) is 5.82 Å². The molecule has 24 heavy (non-hydrogen) atoms. The highest BCUT2D eigenvalue weighted by molar-refractivity contribution is 7.11. The number of carbonyl (C=O) groups is 1. The van der Waals surface area contributed by atoms with Crippen molar-refractivity contribution in [2.24, 2.45) is 0 Å². The average Bonchev–Trinajstić information content (AvgIpc) is 2.92. The Kier molecular flexibility index (Phi) is 4.81. The Bertz CT molecular complexity index is 830. The zero-order valence-electron chi connectivity index (χ0n) is 13.4. The van der Waals surface area contributed by atoms with E-state index in [2.05, 4.69) is 25.8 Å². The lowest BCUT2D eigenvalue weighted by Gasteiger charge is -2.06. The SMILES string of the molecule is Cc1nc(CNc2ccc(C(=O)Nc3ccccc3)nn2)c(C)s1. The van der Waals surface area contributed by atoms with Crippen molar-refractivity contribution in [3.63, 3.8) is 0 Å². The number of amides is 1. The number of nitrogens with zero attached hydrogens (tertiary/aromatic N) is 3. The van der Waals surface area contributed by atoms with Crippen LogP contribution in [0.15, 0.2) is 42.5 Å². The Morgan fingerprint density at radius 2 is 1.88 bits per heavy atom. The molecule has 6 nitrogen and oxygen atoms in total. The van der Waals surface area contributed by atoms with Gasteiger partial charge in [0.15, 0.2) is 5.69 Å². The quantitative estimate of drug-likeness (QED) is 0.744. The van der Waals surface area contributed by atoms with Gasteiger partial charge in [-0.1, -0.05) is 18.2 Å². The highest BCUT2D eigenvalue weighted by Gasteiger charge is 2.09. The molecule has 0 fully saturated rings. The van der Waals surface area contributed by atoms with E-state index in [-0.39, 0.29) is 11.6 Å². The van der Waals surface area contributed by atoms with Crippen LogP contribution in [0.2, 0.25) is 0 Å². The van der Waals surface area contributed by atoms with Gasteiger partial charge in [-0.15, -0.1) is 21.5 Å². The summed E-state index contributed by atoms with van der Waals surface area (Å²) in [6.07, 6.45) is 0. The summed E-state index contributed by atoms with van der Waals surface area (Å²) in [5.41, 5.74) is 2.00. The molecule has 0 spiro atoms. The Morgan fingerprint density at radius 1 is 1.08 bits per heavy atom. The highest BCUT2D eigenvalue weighted by Crippen LogP contribution is 2.17. The third kappa shape index (κ3) is 3.94. The summed E-state index contributed by atoms with van der Waals surface area (Å²) in [6, 6.07) is 12.6. The molecular weight excluding hydrogens is 322 g/mol. The molecule has 0 saturated heterocycles. The summed E-state index contributed by atoms with van der Waals surface area (Å²) in [7, 11) is 0. The molecule has 0 saturated carbocycles. The number of hydrogen-bond acceptors (Lipinski definition) is 6. The number of hydrogen-bond donors (Lipinski definition) is 2. The minimum atomic E-state index is -0.286. The minimum Gasteiger partial charge on any atom is -0.363 e. The number of thiazole rings is 1. The summed E-state index contributed by atoms with van der Waals surface area (Å²) >= 11 is 1.67. The van der Waals surface area contributed by atoms with Gasteiger partial charge in [0.25, 0.3) is 5.91 Å². The first kappa shape index (κ1) is 16.1. The van der Waals surface area contributed by atoms with E-state index < -0.39 is 0 Å². The topological polar surface area (TPSA) is 79.8 Å². The van der Waals surface area contributed by atoms with Crippen molar-refractivity contribution in [3.8, 4) is 0 Å². The summed E-state index contributed by atoms with van der Waals surface area (Å²) in [5.74, 6) is 0.322. The van der Waals surface area contributed by atoms with Gasteiger partial charge in [0, 0.05) is 10.6 Å². The van der Waals surface area contributed by atoms with Crippen LogP contribution in [-0.4, -0.2) is 21.1 Å². The second kappa shape index (κ2) is 7.18. The molecule has 3 aromatic rings. The van der Waals surface area contributed by atoms with E-state index in [9.17, 15) is 4.79 Å². The lowest BCUT2D eigenvalue weighted by atomic mass is 10.3. The molecule has 0 aliphatic rings. The van der Waals surface area contributed by atoms with E-state index >= 15 is 0 Å². The van der Waals surface area contributed by atoms with Crippen LogP contribution in [0.3, 0.4) is 0 Å².